The van der Waals surface area contributed by atoms with Crippen LogP contribution in [0, 0.1) is 0 Å². The fourth-order valence-electron chi connectivity index (χ4n) is 1.28. The normalized spacial score (nSPS) is 12.7. The largest absolute Gasteiger partial charge is 0.479 e. The highest BCUT2D eigenvalue weighted by Crippen LogP contribution is 2.08. The summed E-state index contributed by atoms with van der Waals surface area (Å²) < 4.78 is 0. The molecule has 0 fully saturated rings. The van der Waals surface area contributed by atoms with Crippen molar-refractivity contribution in [3.63, 3.8) is 0 Å². The number of carboxylic acids is 1. The van der Waals surface area contributed by atoms with Crippen molar-refractivity contribution in [2.24, 2.45) is 0 Å². The van der Waals surface area contributed by atoms with Gasteiger partial charge in [0.1, 0.15) is 0 Å². The number of carbonyl (C=O) groups is 1. The van der Waals surface area contributed by atoms with Crippen molar-refractivity contribution < 1.29 is 20.1 Å². The van der Waals surface area contributed by atoms with Crippen molar-refractivity contribution in [3.8, 4) is 0 Å². The Morgan fingerprint density at radius 2 is 1.50 bits per heavy atom. The quantitative estimate of drug-likeness (QED) is 0.492. The van der Waals surface area contributed by atoms with Crippen LogP contribution in [0.15, 0.2) is 0 Å². The zero-order chi connectivity index (χ0) is 10.8. The first kappa shape index (κ1) is 13.4. The molecule has 0 aliphatic rings. The maximum atomic E-state index is 10.2. The predicted octanol–water partition coefficient (Wildman–Crippen LogP) is 1.15. The fourth-order valence-corrected chi connectivity index (χ4v) is 1.28. The third kappa shape index (κ3) is 8.01. The number of carboxylic acid groups (broad SMARTS) is 1. The maximum Gasteiger partial charge on any atom is 0.332 e. The molecule has 0 aliphatic carbocycles. The van der Waals surface area contributed by atoms with E-state index in [1.807, 2.05) is 0 Å². The molecule has 1 unspecified atom stereocenters. The summed E-state index contributed by atoms with van der Waals surface area (Å²) in [4.78, 5) is 10.2. The van der Waals surface area contributed by atoms with Gasteiger partial charge in [0.2, 0.25) is 0 Å². The number of aliphatic hydroxyl groups is 2. The average Bonchev–Trinajstić information content (AvgIpc) is 2.16. The van der Waals surface area contributed by atoms with Crippen LogP contribution in [-0.2, 0) is 4.79 Å². The molecule has 0 aromatic heterocycles. The van der Waals surface area contributed by atoms with Crippen molar-refractivity contribution >= 4 is 5.97 Å². The minimum atomic E-state index is -1.20. The molecule has 14 heavy (non-hydrogen) atoms. The summed E-state index contributed by atoms with van der Waals surface area (Å²) in [6.45, 7) is 0.248. The second kappa shape index (κ2) is 8.97. The standard InChI is InChI=1S/C10H20O4/c11-8-6-4-2-1-3-5-7-9(12)10(13)14/h9,11-12H,1-8H2,(H,13,14). The molecule has 1 atom stereocenters. The summed E-state index contributed by atoms with van der Waals surface area (Å²) >= 11 is 0. The minimum absolute atomic E-state index is 0.248. The highest BCUT2D eigenvalue weighted by Gasteiger charge is 2.11. The lowest BCUT2D eigenvalue weighted by Gasteiger charge is -2.04. The topological polar surface area (TPSA) is 77.8 Å². The molecule has 3 N–H and O–H groups in total. The molecule has 0 aromatic rings. The van der Waals surface area contributed by atoms with Crippen molar-refractivity contribution in [1.29, 1.82) is 0 Å². The zero-order valence-electron chi connectivity index (χ0n) is 8.48. The molecule has 0 spiro atoms. The Kier molecular flexibility index (Phi) is 8.57. The van der Waals surface area contributed by atoms with Crippen LogP contribution in [0.25, 0.3) is 0 Å². The molecule has 84 valence electrons. The summed E-state index contributed by atoms with van der Waals surface area (Å²) in [5.74, 6) is -1.13. The third-order valence-corrected chi connectivity index (χ3v) is 2.17. The first-order chi connectivity index (χ1) is 6.68. The van der Waals surface area contributed by atoms with Crippen LogP contribution in [0.3, 0.4) is 0 Å². The van der Waals surface area contributed by atoms with Crippen LogP contribution in [0.4, 0.5) is 0 Å². The smallest absolute Gasteiger partial charge is 0.332 e. The van der Waals surface area contributed by atoms with E-state index < -0.39 is 12.1 Å². The Hall–Kier alpha value is -0.610. The van der Waals surface area contributed by atoms with Gasteiger partial charge in [-0.1, -0.05) is 32.1 Å². The average molecular weight is 204 g/mol. The lowest BCUT2D eigenvalue weighted by Crippen LogP contribution is -2.18. The van der Waals surface area contributed by atoms with E-state index in [0.29, 0.717) is 6.42 Å². The first-order valence-electron chi connectivity index (χ1n) is 5.20. The van der Waals surface area contributed by atoms with Gasteiger partial charge in [0.05, 0.1) is 0 Å². The number of aliphatic carboxylic acids is 1. The van der Waals surface area contributed by atoms with E-state index in [2.05, 4.69) is 0 Å². The van der Waals surface area contributed by atoms with E-state index in [-0.39, 0.29) is 6.61 Å². The number of hydrogen-bond donors (Lipinski definition) is 3. The van der Waals surface area contributed by atoms with Crippen molar-refractivity contribution in [2.45, 2.75) is 51.0 Å². The van der Waals surface area contributed by atoms with Crippen LogP contribution in [0.2, 0.25) is 0 Å². The zero-order valence-corrected chi connectivity index (χ0v) is 8.48. The first-order valence-corrected chi connectivity index (χ1v) is 5.20. The second-order valence-electron chi connectivity index (χ2n) is 3.49. The molecule has 0 radical (unpaired) electrons. The van der Waals surface area contributed by atoms with Gasteiger partial charge in [0, 0.05) is 6.61 Å². The molecule has 4 nitrogen and oxygen atoms in total. The van der Waals surface area contributed by atoms with E-state index >= 15 is 0 Å². The second-order valence-corrected chi connectivity index (χ2v) is 3.49. The molecular weight excluding hydrogens is 184 g/mol. The summed E-state index contributed by atoms with van der Waals surface area (Å²) in [6.07, 6.45) is 4.84. The van der Waals surface area contributed by atoms with Crippen LogP contribution < -0.4 is 0 Å². The molecule has 0 amide bonds. The Labute approximate surface area is 84.6 Å². The lowest BCUT2D eigenvalue weighted by molar-refractivity contribution is -0.146. The molecule has 0 aromatic carbocycles. The van der Waals surface area contributed by atoms with Gasteiger partial charge in [-0.05, 0) is 12.8 Å². The van der Waals surface area contributed by atoms with Gasteiger partial charge < -0.3 is 15.3 Å². The van der Waals surface area contributed by atoms with Crippen LogP contribution >= 0.6 is 0 Å². The van der Waals surface area contributed by atoms with Crippen molar-refractivity contribution in [1.82, 2.24) is 0 Å². The summed E-state index contributed by atoms with van der Waals surface area (Å²) in [7, 11) is 0. The molecule has 0 saturated heterocycles. The molecule has 0 heterocycles. The molecule has 4 heteroatoms. The molecular formula is C10H20O4. The van der Waals surface area contributed by atoms with Gasteiger partial charge >= 0.3 is 5.97 Å². The summed E-state index contributed by atoms with van der Waals surface area (Å²) in [5.41, 5.74) is 0. The molecule has 0 rings (SSSR count). The van der Waals surface area contributed by atoms with Gasteiger partial charge in [-0.2, -0.15) is 0 Å². The van der Waals surface area contributed by atoms with Gasteiger partial charge in [-0.25, -0.2) is 4.79 Å². The van der Waals surface area contributed by atoms with E-state index in [4.69, 9.17) is 15.3 Å². The monoisotopic (exact) mass is 204 g/mol. The van der Waals surface area contributed by atoms with Gasteiger partial charge in [-0.15, -0.1) is 0 Å². The van der Waals surface area contributed by atoms with Gasteiger partial charge in [-0.3, -0.25) is 0 Å². The Morgan fingerprint density at radius 3 is 2.00 bits per heavy atom. The highest BCUT2D eigenvalue weighted by atomic mass is 16.4. The summed E-state index contributed by atoms with van der Waals surface area (Å²) in [5, 5.41) is 25.8. The van der Waals surface area contributed by atoms with E-state index in [1.54, 1.807) is 0 Å². The Morgan fingerprint density at radius 1 is 1.00 bits per heavy atom. The lowest BCUT2D eigenvalue weighted by atomic mass is 10.1. The van der Waals surface area contributed by atoms with Crippen LogP contribution in [0.5, 0.6) is 0 Å². The predicted molar refractivity (Wildman–Crippen MR) is 53.0 cm³/mol. The Bertz CT molecular complexity index is 147. The van der Waals surface area contributed by atoms with Crippen LogP contribution in [0.1, 0.15) is 44.9 Å². The van der Waals surface area contributed by atoms with E-state index in [9.17, 15) is 4.79 Å². The van der Waals surface area contributed by atoms with Gasteiger partial charge in [0.15, 0.2) is 6.10 Å². The van der Waals surface area contributed by atoms with Crippen molar-refractivity contribution in [2.75, 3.05) is 6.61 Å². The Balaban J connectivity index is 3.09. The van der Waals surface area contributed by atoms with Gasteiger partial charge in [0.25, 0.3) is 0 Å². The van der Waals surface area contributed by atoms with Crippen LogP contribution in [-0.4, -0.2) is 34.0 Å². The maximum absolute atomic E-state index is 10.2. The van der Waals surface area contributed by atoms with E-state index in [1.165, 1.54) is 0 Å². The SMILES string of the molecule is O=C(O)C(O)CCCCCCCCO. The molecule has 0 aliphatic heterocycles. The molecule has 0 saturated carbocycles. The summed E-state index contributed by atoms with van der Waals surface area (Å²) in [6, 6.07) is 0. The number of rotatable bonds is 9. The minimum Gasteiger partial charge on any atom is -0.479 e. The number of hydrogen-bond acceptors (Lipinski definition) is 3. The third-order valence-electron chi connectivity index (χ3n) is 2.17. The fraction of sp³-hybridized carbons (Fsp3) is 0.900. The van der Waals surface area contributed by atoms with E-state index in [0.717, 1.165) is 38.5 Å². The highest BCUT2D eigenvalue weighted by molar-refractivity contribution is 5.71. The number of unbranched alkanes of at least 4 members (excludes halogenated alkanes) is 5. The number of aliphatic hydroxyl groups excluding tert-OH is 2. The van der Waals surface area contributed by atoms with Crippen molar-refractivity contribution in [3.05, 3.63) is 0 Å². The molecule has 0 bridgehead atoms.